The third-order valence-electron chi connectivity index (χ3n) is 2.94. The first kappa shape index (κ1) is 21.5. The zero-order valence-corrected chi connectivity index (χ0v) is 15.9. The van der Waals surface area contributed by atoms with Crippen molar-refractivity contribution in [3.8, 4) is 0 Å². The highest BCUT2D eigenvalue weighted by Gasteiger charge is 2.28. The predicted octanol–water partition coefficient (Wildman–Crippen LogP) is 2.96. The first-order valence-electron chi connectivity index (χ1n) is 8.46. The van der Waals surface area contributed by atoms with Crippen molar-refractivity contribution in [1.82, 2.24) is 5.32 Å². The summed E-state index contributed by atoms with van der Waals surface area (Å²) in [4.78, 5) is 36.2. The normalized spacial score (nSPS) is 12.2. The lowest BCUT2D eigenvalue weighted by molar-refractivity contribution is -0.155. The molecule has 0 heterocycles. The summed E-state index contributed by atoms with van der Waals surface area (Å²) in [6.45, 7) is 8.52. The van der Waals surface area contributed by atoms with Crippen LogP contribution < -0.4 is 5.32 Å². The highest BCUT2D eigenvalue weighted by atomic mass is 16.6. The van der Waals surface area contributed by atoms with E-state index in [0.29, 0.717) is 0 Å². The summed E-state index contributed by atoms with van der Waals surface area (Å²) in [6, 6.07) is 7.90. The molecule has 0 aliphatic carbocycles. The van der Waals surface area contributed by atoms with Gasteiger partial charge in [0.05, 0.1) is 12.5 Å². The number of hydrogen-bond donors (Lipinski definition) is 1. The molecule has 0 saturated carbocycles. The second kappa shape index (κ2) is 9.79. The van der Waals surface area contributed by atoms with Gasteiger partial charge in [-0.1, -0.05) is 30.3 Å². The summed E-state index contributed by atoms with van der Waals surface area (Å²) in [6.07, 6.45) is -1.48. The molecule has 1 rings (SSSR count). The minimum Gasteiger partial charge on any atom is -0.463 e. The van der Waals surface area contributed by atoms with E-state index in [2.05, 4.69) is 5.32 Å². The Bertz CT molecular complexity index is 606. The molecule has 0 fully saturated rings. The van der Waals surface area contributed by atoms with Gasteiger partial charge in [0.2, 0.25) is 0 Å². The second-order valence-corrected chi connectivity index (χ2v) is 7.03. The number of ether oxygens (including phenoxy) is 3. The minimum atomic E-state index is -1.19. The molecule has 1 amide bonds. The molecule has 7 nitrogen and oxygen atoms in total. The molecule has 1 aromatic carbocycles. The van der Waals surface area contributed by atoms with Crippen molar-refractivity contribution in [2.24, 2.45) is 0 Å². The van der Waals surface area contributed by atoms with Gasteiger partial charge >= 0.3 is 18.0 Å². The number of carbonyl (C=O) groups excluding carboxylic acids is 3. The van der Waals surface area contributed by atoms with Crippen molar-refractivity contribution in [2.75, 3.05) is 0 Å². The van der Waals surface area contributed by atoms with E-state index >= 15 is 0 Å². The maximum absolute atomic E-state index is 12.3. The van der Waals surface area contributed by atoms with E-state index in [1.807, 2.05) is 18.2 Å². The van der Waals surface area contributed by atoms with Crippen molar-refractivity contribution >= 4 is 18.0 Å². The number of amides is 1. The summed E-state index contributed by atoms with van der Waals surface area (Å²) in [7, 11) is 0. The van der Waals surface area contributed by atoms with Crippen molar-refractivity contribution in [2.45, 2.75) is 65.4 Å². The lowest BCUT2D eigenvalue weighted by Crippen LogP contribution is -2.45. The van der Waals surface area contributed by atoms with E-state index < -0.39 is 29.7 Å². The largest absolute Gasteiger partial charge is 0.463 e. The van der Waals surface area contributed by atoms with Gasteiger partial charge in [-0.05, 0) is 40.2 Å². The summed E-state index contributed by atoms with van der Waals surface area (Å²) >= 11 is 0. The molecule has 0 radical (unpaired) electrons. The SMILES string of the molecule is CC(C)OC(=O)C[C@H](NC(=O)OC(C)(C)C)C(=O)OCc1ccccc1. The first-order chi connectivity index (χ1) is 12.1. The molecule has 26 heavy (non-hydrogen) atoms. The van der Waals surface area contributed by atoms with Crippen LogP contribution in [-0.2, 0) is 30.4 Å². The number of alkyl carbamates (subject to hydrolysis) is 1. The molecule has 1 atom stereocenters. The number of nitrogens with one attached hydrogen (secondary N) is 1. The lowest BCUT2D eigenvalue weighted by Gasteiger charge is -2.22. The molecule has 0 unspecified atom stereocenters. The van der Waals surface area contributed by atoms with E-state index in [0.717, 1.165) is 5.56 Å². The monoisotopic (exact) mass is 365 g/mol. The number of carbonyl (C=O) groups is 3. The summed E-state index contributed by atoms with van der Waals surface area (Å²) in [5.74, 6) is -1.35. The van der Waals surface area contributed by atoms with Crippen LogP contribution in [0.3, 0.4) is 0 Å². The van der Waals surface area contributed by atoms with Crippen molar-refractivity contribution < 1.29 is 28.6 Å². The number of hydrogen-bond acceptors (Lipinski definition) is 6. The van der Waals surface area contributed by atoms with Crippen molar-refractivity contribution in [3.05, 3.63) is 35.9 Å². The Labute approximate surface area is 154 Å². The van der Waals surface area contributed by atoms with Gasteiger partial charge in [-0.15, -0.1) is 0 Å². The lowest BCUT2D eigenvalue weighted by atomic mass is 10.2. The third-order valence-corrected chi connectivity index (χ3v) is 2.94. The van der Waals surface area contributed by atoms with E-state index in [1.54, 1.807) is 46.8 Å². The van der Waals surface area contributed by atoms with Gasteiger partial charge in [-0.25, -0.2) is 9.59 Å². The molecule has 144 valence electrons. The van der Waals surface area contributed by atoms with Crippen LogP contribution >= 0.6 is 0 Å². The van der Waals surface area contributed by atoms with Crippen LogP contribution in [0.4, 0.5) is 4.79 Å². The Morgan fingerprint density at radius 2 is 1.69 bits per heavy atom. The van der Waals surface area contributed by atoms with Crippen LogP contribution in [0.5, 0.6) is 0 Å². The summed E-state index contributed by atoms with van der Waals surface area (Å²) < 4.78 is 15.4. The van der Waals surface area contributed by atoms with Gasteiger partial charge in [-0.3, -0.25) is 4.79 Å². The quantitative estimate of drug-likeness (QED) is 0.590. The van der Waals surface area contributed by atoms with Crippen LogP contribution in [0.2, 0.25) is 0 Å². The zero-order valence-electron chi connectivity index (χ0n) is 15.9. The molecular weight excluding hydrogens is 338 g/mol. The smallest absolute Gasteiger partial charge is 0.408 e. The van der Waals surface area contributed by atoms with E-state index in [4.69, 9.17) is 14.2 Å². The molecule has 0 spiro atoms. The van der Waals surface area contributed by atoms with Gasteiger partial charge in [0, 0.05) is 0 Å². The topological polar surface area (TPSA) is 90.9 Å². The number of benzene rings is 1. The molecule has 1 aromatic rings. The fourth-order valence-electron chi connectivity index (χ4n) is 1.95. The third kappa shape index (κ3) is 9.05. The van der Waals surface area contributed by atoms with E-state index in [-0.39, 0.29) is 19.1 Å². The number of rotatable bonds is 7. The molecule has 7 heteroatoms. The molecule has 0 aromatic heterocycles. The van der Waals surface area contributed by atoms with Crippen LogP contribution in [0.1, 0.15) is 46.6 Å². The minimum absolute atomic E-state index is 0.0331. The molecule has 0 bridgehead atoms. The summed E-state index contributed by atoms with van der Waals surface area (Å²) in [5, 5.41) is 2.38. The Kier molecular flexibility index (Phi) is 8.09. The average molecular weight is 365 g/mol. The molecule has 0 aliphatic heterocycles. The highest BCUT2D eigenvalue weighted by molar-refractivity contribution is 5.86. The fraction of sp³-hybridized carbons (Fsp3) is 0.526. The molecule has 1 N–H and O–H groups in total. The van der Waals surface area contributed by atoms with Gasteiger partial charge in [0.25, 0.3) is 0 Å². The molecule has 0 saturated heterocycles. The van der Waals surface area contributed by atoms with E-state index in [9.17, 15) is 14.4 Å². The molecular formula is C19H27NO6. The van der Waals surface area contributed by atoms with Crippen LogP contribution in [0, 0.1) is 0 Å². The Balaban J connectivity index is 2.72. The van der Waals surface area contributed by atoms with Crippen molar-refractivity contribution in [1.29, 1.82) is 0 Å². The van der Waals surface area contributed by atoms with Crippen LogP contribution in [0.15, 0.2) is 30.3 Å². The predicted molar refractivity (Wildman–Crippen MR) is 95.2 cm³/mol. The molecule has 0 aliphatic rings. The zero-order chi connectivity index (χ0) is 19.7. The van der Waals surface area contributed by atoms with E-state index in [1.165, 1.54) is 0 Å². The number of esters is 2. The second-order valence-electron chi connectivity index (χ2n) is 7.03. The van der Waals surface area contributed by atoms with Gasteiger partial charge in [0.15, 0.2) is 0 Å². The van der Waals surface area contributed by atoms with Gasteiger partial charge in [0.1, 0.15) is 18.2 Å². The average Bonchev–Trinajstić information content (AvgIpc) is 2.50. The first-order valence-corrected chi connectivity index (χ1v) is 8.46. The van der Waals surface area contributed by atoms with Gasteiger partial charge in [-0.2, -0.15) is 0 Å². The van der Waals surface area contributed by atoms with Crippen molar-refractivity contribution in [3.63, 3.8) is 0 Å². The highest BCUT2D eigenvalue weighted by Crippen LogP contribution is 2.09. The maximum atomic E-state index is 12.3. The Morgan fingerprint density at radius 1 is 1.08 bits per heavy atom. The standard InChI is InChI=1S/C19H27NO6/c1-13(2)25-16(21)11-15(20-18(23)26-19(3,4)5)17(22)24-12-14-9-7-6-8-10-14/h6-10,13,15H,11-12H2,1-5H3,(H,20,23)/t15-/m0/s1. The summed E-state index contributed by atoms with van der Waals surface area (Å²) in [5.41, 5.74) is 0.0581. The fourth-order valence-corrected chi connectivity index (χ4v) is 1.95. The van der Waals surface area contributed by atoms with Crippen LogP contribution in [-0.4, -0.2) is 35.8 Å². The van der Waals surface area contributed by atoms with Gasteiger partial charge < -0.3 is 19.5 Å². The maximum Gasteiger partial charge on any atom is 0.408 e. The Morgan fingerprint density at radius 3 is 2.23 bits per heavy atom. The Hall–Kier alpha value is -2.57. The van der Waals surface area contributed by atoms with Crippen LogP contribution in [0.25, 0.3) is 0 Å².